The average molecular weight is 232 g/mol. The molecule has 3 heteroatoms. The molecule has 0 aromatic heterocycles. The third kappa shape index (κ3) is 3.56. The SMILES string of the molecule is Cc1ccc(C(=O)NC[C@@H]2CCCNC2)cc1. The van der Waals surface area contributed by atoms with Crippen molar-refractivity contribution in [1.82, 2.24) is 10.6 Å². The highest BCUT2D eigenvalue weighted by Gasteiger charge is 2.14. The van der Waals surface area contributed by atoms with Crippen molar-refractivity contribution in [3.63, 3.8) is 0 Å². The number of piperidine rings is 1. The van der Waals surface area contributed by atoms with Gasteiger partial charge in [-0.2, -0.15) is 0 Å². The van der Waals surface area contributed by atoms with Crippen LogP contribution < -0.4 is 10.6 Å². The maximum Gasteiger partial charge on any atom is 0.251 e. The molecule has 0 radical (unpaired) electrons. The van der Waals surface area contributed by atoms with Crippen LogP contribution in [0, 0.1) is 12.8 Å². The van der Waals surface area contributed by atoms with E-state index in [1.54, 1.807) is 0 Å². The maximum absolute atomic E-state index is 11.9. The molecule has 1 aromatic carbocycles. The second-order valence-electron chi connectivity index (χ2n) is 4.79. The van der Waals surface area contributed by atoms with E-state index in [1.807, 2.05) is 31.2 Å². The Labute approximate surface area is 103 Å². The van der Waals surface area contributed by atoms with Gasteiger partial charge in [0.15, 0.2) is 0 Å². The highest BCUT2D eigenvalue weighted by molar-refractivity contribution is 5.94. The van der Waals surface area contributed by atoms with Crippen molar-refractivity contribution in [3.05, 3.63) is 35.4 Å². The van der Waals surface area contributed by atoms with Gasteiger partial charge in [-0.1, -0.05) is 17.7 Å². The molecule has 2 N–H and O–H groups in total. The summed E-state index contributed by atoms with van der Waals surface area (Å²) >= 11 is 0. The quantitative estimate of drug-likeness (QED) is 0.833. The van der Waals surface area contributed by atoms with Crippen LogP contribution in [0.25, 0.3) is 0 Å². The number of carbonyl (C=O) groups excluding carboxylic acids is 1. The van der Waals surface area contributed by atoms with Crippen molar-refractivity contribution in [2.45, 2.75) is 19.8 Å². The van der Waals surface area contributed by atoms with Crippen LogP contribution in [0.1, 0.15) is 28.8 Å². The van der Waals surface area contributed by atoms with E-state index in [4.69, 9.17) is 0 Å². The highest BCUT2D eigenvalue weighted by Crippen LogP contribution is 2.09. The number of amides is 1. The van der Waals surface area contributed by atoms with Crippen molar-refractivity contribution in [3.8, 4) is 0 Å². The summed E-state index contributed by atoms with van der Waals surface area (Å²) in [5.41, 5.74) is 1.93. The molecule has 17 heavy (non-hydrogen) atoms. The van der Waals surface area contributed by atoms with Gasteiger partial charge in [0.05, 0.1) is 0 Å². The zero-order valence-corrected chi connectivity index (χ0v) is 10.3. The average Bonchev–Trinajstić information content (AvgIpc) is 2.38. The highest BCUT2D eigenvalue weighted by atomic mass is 16.1. The Kier molecular flexibility index (Phi) is 4.15. The molecule has 1 fully saturated rings. The Morgan fingerprint density at radius 3 is 2.82 bits per heavy atom. The van der Waals surface area contributed by atoms with E-state index in [0.717, 1.165) is 25.2 Å². The monoisotopic (exact) mass is 232 g/mol. The Balaban J connectivity index is 1.82. The molecule has 92 valence electrons. The number of hydrogen-bond acceptors (Lipinski definition) is 2. The fraction of sp³-hybridized carbons (Fsp3) is 0.500. The van der Waals surface area contributed by atoms with Gasteiger partial charge in [0.2, 0.25) is 0 Å². The molecular weight excluding hydrogens is 212 g/mol. The Bertz CT molecular complexity index is 366. The lowest BCUT2D eigenvalue weighted by molar-refractivity contribution is 0.0945. The fourth-order valence-electron chi connectivity index (χ4n) is 2.14. The number of aryl methyl sites for hydroxylation is 1. The second kappa shape index (κ2) is 5.82. The summed E-state index contributed by atoms with van der Waals surface area (Å²) in [5, 5.41) is 6.36. The van der Waals surface area contributed by atoms with Crippen LogP contribution in [0.5, 0.6) is 0 Å². The molecule has 1 atom stereocenters. The molecule has 0 spiro atoms. The Morgan fingerprint density at radius 1 is 1.41 bits per heavy atom. The van der Waals surface area contributed by atoms with Gasteiger partial charge in [0, 0.05) is 12.1 Å². The van der Waals surface area contributed by atoms with Crippen molar-refractivity contribution in [1.29, 1.82) is 0 Å². The molecule has 1 heterocycles. The molecule has 0 aliphatic carbocycles. The van der Waals surface area contributed by atoms with E-state index < -0.39 is 0 Å². The molecule has 1 saturated heterocycles. The minimum absolute atomic E-state index is 0.0376. The number of nitrogens with one attached hydrogen (secondary N) is 2. The van der Waals surface area contributed by atoms with Crippen LogP contribution in [0.15, 0.2) is 24.3 Å². The molecule has 2 rings (SSSR count). The van der Waals surface area contributed by atoms with E-state index >= 15 is 0 Å². The molecule has 0 bridgehead atoms. The lowest BCUT2D eigenvalue weighted by Gasteiger charge is -2.22. The summed E-state index contributed by atoms with van der Waals surface area (Å²) < 4.78 is 0. The van der Waals surface area contributed by atoms with Gasteiger partial charge in [0.1, 0.15) is 0 Å². The summed E-state index contributed by atoms with van der Waals surface area (Å²) in [6.07, 6.45) is 2.42. The second-order valence-corrected chi connectivity index (χ2v) is 4.79. The lowest BCUT2D eigenvalue weighted by atomic mass is 9.99. The summed E-state index contributed by atoms with van der Waals surface area (Å²) in [4.78, 5) is 11.9. The van der Waals surface area contributed by atoms with E-state index in [2.05, 4.69) is 10.6 Å². The summed E-state index contributed by atoms with van der Waals surface area (Å²) in [5.74, 6) is 0.619. The number of hydrogen-bond donors (Lipinski definition) is 2. The molecule has 1 aromatic rings. The molecule has 0 unspecified atom stereocenters. The van der Waals surface area contributed by atoms with Crippen LogP contribution in [0.3, 0.4) is 0 Å². The topological polar surface area (TPSA) is 41.1 Å². The van der Waals surface area contributed by atoms with Gasteiger partial charge in [-0.3, -0.25) is 4.79 Å². The molecule has 1 aliphatic heterocycles. The van der Waals surface area contributed by atoms with Crippen LogP contribution in [-0.2, 0) is 0 Å². The third-order valence-electron chi connectivity index (χ3n) is 3.26. The molecule has 3 nitrogen and oxygen atoms in total. The number of carbonyl (C=O) groups is 1. The largest absolute Gasteiger partial charge is 0.352 e. The van der Waals surface area contributed by atoms with Crippen LogP contribution >= 0.6 is 0 Å². The van der Waals surface area contributed by atoms with Gasteiger partial charge in [-0.15, -0.1) is 0 Å². The van der Waals surface area contributed by atoms with Crippen LogP contribution in [0.4, 0.5) is 0 Å². The first-order valence-electron chi connectivity index (χ1n) is 6.31. The zero-order valence-electron chi connectivity index (χ0n) is 10.3. The van der Waals surface area contributed by atoms with Crippen molar-refractivity contribution in [2.75, 3.05) is 19.6 Å². The molecule has 0 saturated carbocycles. The minimum atomic E-state index is 0.0376. The molecule has 1 aliphatic rings. The van der Waals surface area contributed by atoms with Crippen LogP contribution in [-0.4, -0.2) is 25.5 Å². The number of benzene rings is 1. The van der Waals surface area contributed by atoms with Gasteiger partial charge in [-0.25, -0.2) is 0 Å². The van der Waals surface area contributed by atoms with E-state index in [9.17, 15) is 4.79 Å². The van der Waals surface area contributed by atoms with Gasteiger partial charge in [-0.05, 0) is 50.9 Å². The Morgan fingerprint density at radius 2 is 2.18 bits per heavy atom. The normalized spacial score (nSPS) is 19.9. The van der Waals surface area contributed by atoms with E-state index in [0.29, 0.717) is 5.92 Å². The fourth-order valence-corrected chi connectivity index (χ4v) is 2.14. The smallest absolute Gasteiger partial charge is 0.251 e. The lowest BCUT2D eigenvalue weighted by Crippen LogP contribution is -2.38. The maximum atomic E-state index is 11.9. The standard InChI is InChI=1S/C14H20N2O/c1-11-4-6-13(7-5-11)14(17)16-10-12-3-2-8-15-9-12/h4-7,12,15H,2-3,8-10H2,1H3,(H,16,17)/t12-/m1/s1. The van der Waals surface area contributed by atoms with Gasteiger partial charge < -0.3 is 10.6 Å². The number of rotatable bonds is 3. The van der Waals surface area contributed by atoms with Crippen molar-refractivity contribution < 1.29 is 4.79 Å². The first kappa shape index (κ1) is 12.1. The Hall–Kier alpha value is -1.35. The van der Waals surface area contributed by atoms with E-state index in [1.165, 1.54) is 18.4 Å². The predicted molar refractivity (Wildman–Crippen MR) is 69.1 cm³/mol. The third-order valence-corrected chi connectivity index (χ3v) is 3.26. The molecule has 1 amide bonds. The van der Waals surface area contributed by atoms with Gasteiger partial charge >= 0.3 is 0 Å². The van der Waals surface area contributed by atoms with Crippen molar-refractivity contribution >= 4 is 5.91 Å². The van der Waals surface area contributed by atoms with Gasteiger partial charge in [0.25, 0.3) is 5.91 Å². The first-order valence-corrected chi connectivity index (χ1v) is 6.31. The summed E-state index contributed by atoms with van der Waals surface area (Å²) in [6, 6.07) is 7.70. The summed E-state index contributed by atoms with van der Waals surface area (Å²) in [7, 11) is 0. The van der Waals surface area contributed by atoms with Crippen LogP contribution in [0.2, 0.25) is 0 Å². The first-order chi connectivity index (χ1) is 8.25. The minimum Gasteiger partial charge on any atom is -0.352 e. The van der Waals surface area contributed by atoms with E-state index in [-0.39, 0.29) is 5.91 Å². The predicted octanol–water partition coefficient (Wildman–Crippen LogP) is 1.72. The zero-order chi connectivity index (χ0) is 12.1. The van der Waals surface area contributed by atoms with Crippen molar-refractivity contribution in [2.24, 2.45) is 5.92 Å². The molecular formula is C14H20N2O. The summed E-state index contributed by atoms with van der Waals surface area (Å²) in [6.45, 7) is 4.94.